The van der Waals surface area contributed by atoms with Gasteiger partial charge in [0.05, 0.1) is 6.61 Å². The Labute approximate surface area is 65.8 Å². The molecule has 2 aliphatic rings. The van der Waals surface area contributed by atoms with Crippen molar-refractivity contribution in [2.45, 2.75) is 11.7 Å². The van der Waals surface area contributed by atoms with Crippen LogP contribution < -0.4 is 0 Å². The number of hydrogen-bond acceptors (Lipinski definition) is 2. The van der Waals surface area contributed by atoms with E-state index in [0.717, 1.165) is 24.2 Å². The topological polar surface area (TPSA) is 9.23 Å². The average Bonchev–Trinajstić information content (AvgIpc) is 2.05. The van der Waals surface area contributed by atoms with Gasteiger partial charge in [0.1, 0.15) is 0 Å². The van der Waals surface area contributed by atoms with Crippen LogP contribution in [0, 0.1) is 12.0 Å². The fraction of sp³-hybridized carbons (Fsp3) is 0.750. The molecule has 1 nitrogen and oxygen atoms in total. The van der Waals surface area contributed by atoms with Crippen molar-refractivity contribution in [3.05, 3.63) is 12.2 Å². The summed E-state index contributed by atoms with van der Waals surface area (Å²) in [7, 11) is 0. The molecule has 2 heteroatoms. The van der Waals surface area contributed by atoms with Gasteiger partial charge in [0.25, 0.3) is 0 Å². The maximum absolute atomic E-state index is 5.35. The zero-order chi connectivity index (χ0) is 6.81. The van der Waals surface area contributed by atoms with Gasteiger partial charge in [-0.3, -0.25) is 0 Å². The second kappa shape index (κ2) is 2.97. The third-order valence-corrected chi connectivity index (χ3v) is 3.39. The van der Waals surface area contributed by atoms with Crippen LogP contribution in [0.5, 0.6) is 0 Å². The molecule has 2 aliphatic heterocycles. The molecule has 2 atom stereocenters. The minimum atomic E-state index is 0.660. The van der Waals surface area contributed by atoms with Crippen molar-refractivity contribution in [3.63, 3.8) is 0 Å². The highest BCUT2D eigenvalue weighted by Gasteiger charge is 2.25. The van der Waals surface area contributed by atoms with Gasteiger partial charge in [-0.15, -0.1) is 0 Å². The Bertz CT molecular complexity index is 144. The van der Waals surface area contributed by atoms with Gasteiger partial charge in [0.15, 0.2) is 0 Å². The molecule has 1 saturated heterocycles. The zero-order valence-corrected chi connectivity index (χ0v) is 6.69. The lowest BCUT2D eigenvalue weighted by atomic mass is 10.0. The highest BCUT2D eigenvalue weighted by atomic mass is 32.2. The fourth-order valence-electron chi connectivity index (χ4n) is 1.46. The minimum absolute atomic E-state index is 0.660. The molecule has 0 aliphatic carbocycles. The molecule has 0 spiro atoms. The van der Waals surface area contributed by atoms with Crippen molar-refractivity contribution in [2.24, 2.45) is 5.92 Å². The van der Waals surface area contributed by atoms with Gasteiger partial charge >= 0.3 is 0 Å². The van der Waals surface area contributed by atoms with E-state index >= 15 is 0 Å². The van der Waals surface area contributed by atoms with E-state index in [9.17, 15) is 0 Å². The summed E-state index contributed by atoms with van der Waals surface area (Å²) in [6.45, 7) is 1.88. The second-order valence-electron chi connectivity index (χ2n) is 2.75. The van der Waals surface area contributed by atoms with Gasteiger partial charge in [-0.2, -0.15) is 11.8 Å². The molecular weight excluding hydrogens is 144 g/mol. The van der Waals surface area contributed by atoms with E-state index < -0.39 is 0 Å². The van der Waals surface area contributed by atoms with Crippen LogP contribution in [0.4, 0.5) is 0 Å². The molecule has 10 heavy (non-hydrogen) atoms. The normalized spacial score (nSPS) is 39.2. The SMILES string of the molecule is [C]1=CC2COCCC2SC1. The van der Waals surface area contributed by atoms with Crippen molar-refractivity contribution in [1.29, 1.82) is 0 Å². The van der Waals surface area contributed by atoms with E-state index in [1.807, 2.05) is 11.8 Å². The summed E-state index contributed by atoms with van der Waals surface area (Å²) in [6, 6.07) is 0. The van der Waals surface area contributed by atoms with E-state index in [0.29, 0.717) is 5.92 Å². The van der Waals surface area contributed by atoms with E-state index in [2.05, 4.69) is 12.2 Å². The maximum Gasteiger partial charge on any atom is 0.0539 e. The monoisotopic (exact) mass is 155 g/mol. The Kier molecular flexibility index (Phi) is 2.00. The van der Waals surface area contributed by atoms with Crippen molar-refractivity contribution < 1.29 is 4.74 Å². The molecule has 0 aromatic rings. The third-order valence-electron chi connectivity index (χ3n) is 2.05. The Hall–Kier alpha value is 0.0500. The first kappa shape index (κ1) is 6.74. The van der Waals surface area contributed by atoms with Gasteiger partial charge < -0.3 is 4.74 Å². The Balaban J connectivity index is 2.03. The molecule has 0 aromatic carbocycles. The number of thioether (sulfide) groups is 1. The van der Waals surface area contributed by atoms with Crippen molar-refractivity contribution in [2.75, 3.05) is 19.0 Å². The zero-order valence-electron chi connectivity index (χ0n) is 5.88. The van der Waals surface area contributed by atoms with Crippen LogP contribution in [0.15, 0.2) is 6.08 Å². The Morgan fingerprint density at radius 3 is 3.50 bits per heavy atom. The minimum Gasteiger partial charge on any atom is -0.381 e. The molecule has 2 rings (SSSR count). The first-order valence-corrected chi connectivity index (χ1v) is 4.78. The molecule has 0 amide bonds. The van der Waals surface area contributed by atoms with Crippen LogP contribution in [0.2, 0.25) is 0 Å². The molecular formula is C8H11OS. The summed E-state index contributed by atoms with van der Waals surface area (Å²) in [5.41, 5.74) is 0. The number of fused-ring (bicyclic) bond motifs is 1. The first-order chi connectivity index (χ1) is 4.97. The van der Waals surface area contributed by atoms with Crippen LogP contribution in [0.1, 0.15) is 6.42 Å². The van der Waals surface area contributed by atoms with Gasteiger partial charge in [0.2, 0.25) is 0 Å². The van der Waals surface area contributed by atoms with Crippen LogP contribution in [0.25, 0.3) is 0 Å². The van der Waals surface area contributed by atoms with Crippen molar-refractivity contribution in [1.82, 2.24) is 0 Å². The molecule has 0 saturated carbocycles. The maximum atomic E-state index is 5.35. The van der Waals surface area contributed by atoms with Crippen LogP contribution >= 0.6 is 11.8 Å². The van der Waals surface area contributed by atoms with Gasteiger partial charge in [-0.25, -0.2) is 0 Å². The second-order valence-corrected chi connectivity index (χ2v) is 3.98. The Morgan fingerprint density at radius 2 is 2.60 bits per heavy atom. The highest BCUT2D eigenvalue weighted by Crippen LogP contribution is 2.30. The van der Waals surface area contributed by atoms with Crippen molar-refractivity contribution in [3.8, 4) is 0 Å². The summed E-state index contributed by atoms with van der Waals surface area (Å²) in [5, 5.41) is 0.829. The third kappa shape index (κ3) is 1.23. The van der Waals surface area contributed by atoms with Crippen LogP contribution in [-0.2, 0) is 4.74 Å². The number of ether oxygens (including phenoxy) is 1. The summed E-state index contributed by atoms with van der Waals surface area (Å²) in [5.74, 6) is 1.74. The van der Waals surface area contributed by atoms with Gasteiger partial charge in [-0.05, 0) is 12.5 Å². The van der Waals surface area contributed by atoms with E-state index in [4.69, 9.17) is 4.74 Å². The predicted molar refractivity (Wildman–Crippen MR) is 43.0 cm³/mol. The first-order valence-electron chi connectivity index (χ1n) is 3.73. The van der Waals surface area contributed by atoms with E-state index in [-0.39, 0.29) is 0 Å². The lowest BCUT2D eigenvalue weighted by Gasteiger charge is -2.30. The quantitative estimate of drug-likeness (QED) is 0.524. The van der Waals surface area contributed by atoms with Crippen LogP contribution in [-0.4, -0.2) is 24.2 Å². The summed E-state index contributed by atoms with van der Waals surface area (Å²) >= 11 is 2.02. The molecule has 0 N–H and O–H groups in total. The molecule has 1 radical (unpaired) electrons. The van der Waals surface area contributed by atoms with E-state index in [1.165, 1.54) is 6.42 Å². The highest BCUT2D eigenvalue weighted by molar-refractivity contribution is 8.00. The van der Waals surface area contributed by atoms with Crippen LogP contribution in [0.3, 0.4) is 0 Å². The molecule has 0 aromatic heterocycles. The summed E-state index contributed by atoms with van der Waals surface area (Å²) in [4.78, 5) is 0. The fourth-order valence-corrected chi connectivity index (χ4v) is 2.53. The standard InChI is InChI=1S/C8H11OS/c1-2-7-6-9-4-3-8(7)10-5-1/h2,7-8H,3-6H2. The summed E-state index contributed by atoms with van der Waals surface area (Å²) in [6.07, 6.45) is 6.67. The van der Waals surface area contributed by atoms with Gasteiger partial charge in [0, 0.05) is 23.5 Å². The van der Waals surface area contributed by atoms with Crippen molar-refractivity contribution >= 4 is 11.8 Å². The summed E-state index contributed by atoms with van der Waals surface area (Å²) < 4.78 is 5.35. The smallest absolute Gasteiger partial charge is 0.0539 e. The molecule has 0 bridgehead atoms. The molecule has 2 unspecified atom stereocenters. The lowest BCUT2D eigenvalue weighted by Crippen LogP contribution is -2.30. The molecule has 55 valence electrons. The predicted octanol–water partition coefficient (Wildman–Crippen LogP) is 1.50. The molecule has 2 heterocycles. The Morgan fingerprint density at radius 1 is 1.60 bits per heavy atom. The lowest BCUT2D eigenvalue weighted by molar-refractivity contribution is 0.0743. The number of hydrogen-bond donors (Lipinski definition) is 0. The van der Waals surface area contributed by atoms with E-state index in [1.54, 1.807) is 0 Å². The average molecular weight is 155 g/mol. The number of rotatable bonds is 0. The molecule has 1 fully saturated rings. The largest absolute Gasteiger partial charge is 0.381 e. The van der Waals surface area contributed by atoms with Gasteiger partial charge in [-0.1, -0.05) is 6.08 Å².